The molecule has 1 saturated heterocycles. The van der Waals surface area contributed by atoms with Crippen molar-refractivity contribution in [1.29, 1.82) is 0 Å². The van der Waals surface area contributed by atoms with Gasteiger partial charge in [-0.25, -0.2) is 8.78 Å². The number of ether oxygens (including phenoxy) is 3. The Balaban J connectivity index is 1.37. The SMILES string of the molecule is CCc1cc(F)cc(CC)c1NC(=O)CN1C[C@H](c2cc3c(cc2F)OCO3)C(C(=O)O)[C@@H]1c1ccc2c(c1)CCO2. The Morgan fingerprint density at radius 2 is 1.69 bits per heavy atom. The van der Waals surface area contributed by atoms with Crippen LogP contribution in [-0.2, 0) is 28.9 Å². The van der Waals surface area contributed by atoms with Gasteiger partial charge in [0.05, 0.1) is 19.1 Å². The minimum absolute atomic E-state index is 0.0414. The van der Waals surface area contributed by atoms with Crippen LogP contribution < -0.4 is 19.5 Å². The summed E-state index contributed by atoms with van der Waals surface area (Å²) in [6, 6.07) is 10.4. The summed E-state index contributed by atoms with van der Waals surface area (Å²) in [4.78, 5) is 28.3. The predicted molar refractivity (Wildman–Crippen MR) is 150 cm³/mol. The monoisotopic (exact) mass is 578 g/mol. The van der Waals surface area contributed by atoms with E-state index in [9.17, 15) is 19.1 Å². The van der Waals surface area contributed by atoms with E-state index in [1.807, 2.05) is 32.0 Å². The molecule has 1 unspecified atom stereocenters. The molecule has 0 bridgehead atoms. The molecule has 2 N–H and O–H groups in total. The number of carbonyl (C=O) groups excluding carboxylic acids is 1. The van der Waals surface area contributed by atoms with Gasteiger partial charge in [-0.1, -0.05) is 26.0 Å². The Bertz CT molecular complexity index is 1540. The number of carboxylic acid groups (broad SMARTS) is 1. The molecule has 0 radical (unpaired) electrons. The van der Waals surface area contributed by atoms with Gasteiger partial charge < -0.3 is 24.6 Å². The van der Waals surface area contributed by atoms with Crippen molar-refractivity contribution in [2.24, 2.45) is 5.92 Å². The molecule has 1 amide bonds. The number of halogens is 2. The van der Waals surface area contributed by atoms with Gasteiger partial charge in [0.25, 0.3) is 0 Å². The van der Waals surface area contributed by atoms with Crippen molar-refractivity contribution < 1.29 is 37.7 Å². The first-order chi connectivity index (χ1) is 20.3. The summed E-state index contributed by atoms with van der Waals surface area (Å²) in [7, 11) is 0. The van der Waals surface area contributed by atoms with Gasteiger partial charge in [-0.2, -0.15) is 0 Å². The number of benzene rings is 3. The lowest BCUT2D eigenvalue weighted by molar-refractivity contribution is -0.143. The number of fused-ring (bicyclic) bond motifs is 2. The summed E-state index contributed by atoms with van der Waals surface area (Å²) in [5, 5.41) is 13.5. The second-order valence-corrected chi connectivity index (χ2v) is 10.9. The number of hydrogen-bond acceptors (Lipinski definition) is 6. The van der Waals surface area contributed by atoms with E-state index < -0.39 is 29.7 Å². The van der Waals surface area contributed by atoms with Crippen LogP contribution >= 0.6 is 0 Å². The van der Waals surface area contributed by atoms with Crippen molar-refractivity contribution in [3.8, 4) is 17.2 Å². The summed E-state index contributed by atoms with van der Waals surface area (Å²) in [5.74, 6) is -2.87. The zero-order chi connectivity index (χ0) is 29.5. The molecule has 3 heterocycles. The van der Waals surface area contributed by atoms with Gasteiger partial charge in [-0.15, -0.1) is 0 Å². The number of anilines is 1. The summed E-state index contributed by atoms with van der Waals surface area (Å²) in [6.07, 6.45) is 1.74. The molecule has 1 fully saturated rings. The topological polar surface area (TPSA) is 97.3 Å². The Hall–Kier alpha value is -4.18. The Morgan fingerprint density at radius 1 is 0.976 bits per heavy atom. The number of amides is 1. The number of aliphatic carboxylic acids is 1. The van der Waals surface area contributed by atoms with Crippen LogP contribution in [0.3, 0.4) is 0 Å². The van der Waals surface area contributed by atoms with Crippen LogP contribution in [0.15, 0.2) is 42.5 Å². The van der Waals surface area contributed by atoms with Crippen LogP contribution in [0, 0.1) is 17.6 Å². The Kier molecular flexibility index (Phi) is 7.49. The predicted octanol–water partition coefficient (Wildman–Crippen LogP) is 5.23. The summed E-state index contributed by atoms with van der Waals surface area (Å²) >= 11 is 0. The Morgan fingerprint density at radius 3 is 2.38 bits per heavy atom. The van der Waals surface area contributed by atoms with Gasteiger partial charge in [-0.05, 0) is 64.9 Å². The molecule has 0 aromatic heterocycles. The normalized spacial score (nSPS) is 20.8. The fraction of sp³-hybridized carbons (Fsp3) is 0.375. The lowest BCUT2D eigenvalue weighted by atomic mass is 9.82. The summed E-state index contributed by atoms with van der Waals surface area (Å²) in [6.45, 7) is 4.25. The third-order valence-corrected chi connectivity index (χ3v) is 8.47. The van der Waals surface area contributed by atoms with E-state index in [-0.39, 0.29) is 42.9 Å². The van der Waals surface area contributed by atoms with Crippen LogP contribution in [0.4, 0.5) is 14.5 Å². The highest BCUT2D eigenvalue weighted by Crippen LogP contribution is 2.49. The molecule has 0 spiro atoms. The van der Waals surface area contributed by atoms with Crippen molar-refractivity contribution in [3.63, 3.8) is 0 Å². The molecule has 3 aromatic carbocycles. The van der Waals surface area contributed by atoms with Gasteiger partial charge in [0.15, 0.2) is 11.5 Å². The van der Waals surface area contributed by atoms with E-state index in [1.165, 1.54) is 24.3 Å². The second-order valence-electron chi connectivity index (χ2n) is 10.9. The smallest absolute Gasteiger partial charge is 0.309 e. The first kappa shape index (κ1) is 28.0. The van der Waals surface area contributed by atoms with E-state index in [0.29, 0.717) is 54.0 Å². The molecule has 220 valence electrons. The van der Waals surface area contributed by atoms with E-state index in [0.717, 1.165) is 11.3 Å². The van der Waals surface area contributed by atoms with E-state index in [1.54, 1.807) is 4.90 Å². The molecular formula is C32H32F2N2O6. The van der Waals surface area contributed by atoms with Crippen LogP contribution in [0.25, 0.3) is 0 Å². The molecule has 3 aliphatic rings. The minimum atomic E-state index is -1.10. The maximum absolute atomic E-state index is 15.4. The number of aryl methyl sites for hydroxylation is 2. The lowest BCUT2D eigenvalue weighted by Gasteiger charge is -2.27. The first-order valence-corrected chi connectivity index (χ1v) is 14.2. The van der Waals surface area contributed by atoms with Crippen molar-refractivity contribution in [1.82, 2.24) is 4.90 Å². The molecule has 0 aliphatic carbocycles. The van der Waals surface area contributed by atoms with E-state index in [2.05, 4.69) is 5.32 Å². The number of carbonyl (C=O) groups is 2. The number of hydrogen-bond donors (Lipinski definition) is 2. The molecule has 3 atom stereocenters. The molecular weight excluding hydrogens is 546 g/mol. The van der Waals surface area contributed by atoms with Crippen LogP contribution in [-0.4, -0.2) is 48.4 Å². The number of nitrogens with zero attached hydrogens (tertiary/aromatic N) is 1. The van der Waals surface area contributed by atoms with Gasteiger partial charge in [0, 0.05) is 36.7 Å². The lowest BCUT2D eigenvalue weighted by Crippen LogP contribution is -2.35. The third kappa shape index (κ3) is 5.04. The molecule has 8 nitrogen and oxygen atoms in total. The molecule has 3 aromatic rings. The fourth-order valence-electron chi connectivity index (χ4n) is 6.52. The first-order valence-electron chi connectivity index (χ1n) is 14.2. The van der Waals surface area contributed by atoms with Crippen molar-refractivity contribution in [2.45, 2.75) is 45.1 Å². The van der Waals surface area contributed by atoms with E-state index in [4.69, 9.17) is 14.2 Å². The van der Waals surface area contributed by atoms with Gasteiger partial charge >= 0.3 is 5.97 Å². The van der Waals surface area contributed by atoms with Crippen LogP contribution in [0.1, 0.15) is 53.6 Å². The molecule has 10 heteroatoms. The van der Waals surface area contributed by atoms with Crippen molar-refractivity contribution in [3.05, 3.63) is 81.9 Å². The standard InChI is InChI=1S/C32H32F2N2O6/c1-3-17-10-21(33)11-18(4-2)30(17)35-28(37)15-36-14-23(22-12-26-27(13-24(22)34)42-16-41-26)29(32(38)39)31(36)20-5-6-25-19(9-20)7-8-40-25/h5-6,9-13,23,29,31H,3-4,7-8,14-16H2,1-2H3,(H,35,37)(H,38,39)/t23-,29?,31+/m1/s1. The second kappa shape index (κ2) is 11.2. The number of carboxylic acids is 1. The number of nitrogens with one attached hydrogen (secondary N) is 1. The highest BCUT2D eigenvalue weighted by Gasteiger charge is 2.49. The maximum atomic E-state index is 15.4. The molecule has 3 aliphatic heterocycles. The molecule has 6 rings (SSSR count). The highest BCUT2D eigenvalue weighted by molar-refractivity contribution is 5.94. The minimum Gasteiger partial charge on any atom is -0.493 e. The molecule has 42 heavy (non-hydrogen) atoms. The summed E-state index contributed by atoms with van der Waals surface area (Å²) in [5.41, 5.74) is 3.81. The van der Waals surface area contributed by atoms with Gasteiger partial charge in [0.2, 0.25) is 12.7 Å². The summed E-state index contributed by atoms with van der Waals surface area (Å²) < 4.78 is 46.1. The Labute approximate surface area is 242 Å². The van der Waals surface area contributed by atoms with Crippen molar-refractivity contribution in [2.75, 3.05) is 31.8 Å². The largest absolute Gasteiger partial charge is 0.493 e. The highest BCUT2D eigenvalue weighted by atomic mass is 19.1. The third-order valence-electron chi connectivity index (χ3n) is 8.47. The maximum Gasteiger partial charge on any atom is 0.309 e. The number of likely N-dealkylation sites (tertiary alicyclic amines) is 1. The van der Waals surface area contributed by atoms with E-state index >= 15 is 4.39 Å². The number of rotatable bonds is 8. The zero-order valence-corrected chi connectivity index (χ0v) is 23.4. The zero-order valence-electron chi connectivity index (χ0n) is 23.4. The van der Waals surface area contributed by atoms with Crippen LogP contribution in [0.2, 0.25) is 0 Å². The average molecular weight is 579 g/mol. The quantitative estimate of drug-likeness (QED) is 0.378. The van der Waals surface area contributed by atoms with Gasteiger partial charge in [-0.3, -0.25) is 14.5 Å². The van der Waals surface area contributed by atoms with Crippen LogP contribution in [0.5, 0.6) is 17.2 Å². The fourth-order valence-corrected chi connectivity index (χ4v) is 6.52. The average Bonchev–Trinajstić information content (AvgIpc) is 3.70. The van der Waals surface area contributed by atoms with Crippen molar-refractivity contribution >= 4 is 17.6 Å². The molecule has 0 saturated carbocycles. The van der Waals surface area contributed by atoms with Gasteiger partial charge in [0.1, 0.15) is 17.4 Å².